The molecular weight excluding hydrogens is 516 g/mol. The van der Waals surface area contributed by atoms with Gasteiger partial charge in [-0.1, -0.05) is 108 Å². The lowest BCUT2D eigenvalue weighted by atomic mass is 9.91. The Hall–Kier alpha value is -4.44. The van der Waals surface area contributed by atoms with Crippen LogP contribution in [0.15, 0.2) is 122 Å². The molecule has 0 bridgehead atoms. The van der Waals surface area contributed by atoms with Gasteiger partial charge in [-0.15, -0.1) is 10.2 Å². The third-order valence-electron chi connectivity index (χ3n) is 7.35. The van der Waals surface area contributed by atoms with Gasteiger partial charge in [-0.3, -0.25) is 10.2 Å². The molecule has 41 heavy (non-hydrogen) atoms. The molecule has 0 amide bonds. The van der Waals surface area contributed by atoms with Crippen LogP contribution in [0.2, 0.25) is 0 Å². The third-order valence-corrected chi connectivity index (χ3v) is 7.35. The summed E-state index contributed by atoms with van der Waals surface area (Å²) in [5, 5.41) is 22.1. The molecule has 0 fully saturated rings. The second kappa shape index (κ2) is 12.4. The van der Waals surface area contributed by atoms with Crippen molar-refractivity contribution in [3.63, 3.8) is 0 Å². The maximum absolute atomic E-state index is 6.86. The second-order valence-electron chi connectivity index (χ2n) is 10.1. The van der Waals surface area contributed by atoms with Crippen LogP contribution < -0.4 is 0 Å². The first-order valence-electron chi connectivity index (χ1n) is 13.7. The molecular formula is C32H32N6O3. The first kappa shape index (κ1) is 26.8. The minimum atomic E-state index is -0.767. The molecule has 0 saturated heterocycles. The van der Waals surface area contributed by atoms with Gasteiger partial charge in [0.2, 0.25) is 0 Å². The Kier molecular flexibility index (Phi) is 8.09. The first-order chi connectivity index (χ1) is 20.3. The minimum absolute atomic E-state index is 0.306. The fourth-order valence-electron chi connectivity index (χ4n) is 5.22. The monoisotopic (exact) mass is 548 g/mol. The van der Waals surface area contributed by atoms with Crippen LogP contribution in [-0.4, -0.2) is 44.0 Å². The average Bonchev–Trinajstić information content (AvgIpc) is 3.78. The summed E-state index contributed by atoms with van der Waals surface area (Å²) in [7, 11) is 0. The molecule has 4 atom stereocenters. The van der Waals surface area contributed by atoms with E-state index in [1.165, 1.54) is 0 Å². The number of allylic oxidation sites excluding steroid dienone is 4. The molecule has 6 rings (SSSR count). The zero-order valence-electron chi connectivity index (χ0n) is 22.5. The van der Waals surface area contributed by atoms with Gasteiger partial charge in [0.05, 0.1) is 13.2 Å². The molecule has 0 radical (unpaired) electrons. The van der Waals surface area contributed by atoms with Crippen LogP contribution in [0.5, 0.6) is 0 Å². The predicted molar refractivity (Wildman–Crippen MR) is 153 cm³/mol. The molecule has 2 aliphatic carbocycles. The fraction of sp³-hybridized carbons (Fsp3) is 0.250. The van der Waals surface area contributed by atoms with Gasteiger partial charge >= 0.3 is 0 Å². The predicted octanol–water partition coefficient (Wildman–Crippen LogP) is 5.58. The molecule has 0 aliphatic heterocycles. The lowest BCUT2D eigenvalue weighted by Crippen LogP contribution is -2.33. The molecule has 4 unspecified atom stereocenters. The van der Waals surface area contributed by atoms with E-state index in [0.29, 0.717) is 26.1 Å². The van der Waals surface area contributed by atoms with Crippen LogP contribution in [0.3, 0.4) is 0 Å². The molecule has 9 nitrogen and oxygen atoms in total. The molecule has 2 N–H and O–H groups in total. The number of ether oxygens (including phenoxy) is 3. The third kappa shape index (κ3) is 6.02. The van der Waals surface area contributed by atoms with E-state index in [2.05, 4.69) is 67.2 Å². The SMILES string of the molecule is C1=CCC(OC(COCC(OC2(c3c[nH]nn3)C=CC=CC2)c2ccccc2)c2ccccc2)(c2c[nH]nn2)C=C1. The van der Waals surface area contributed by atoms with Crippen molar-refractivity contribution in [2.45, 2.75) is 36.3 Å². The molecule has 0 spiro atoms. The largest absolute Gasteiger partial charge is 0.375 e. The molecule has 9 heteroatoms. The highest BCUT2D eigenvalue weighted by Crippen LogP contribution is 2.40. The number of nitrogens with zero attached hydrogens (tertiary/aromatic N) is 4. The maximum Gasteiger partial charge on any atom is 0.136 e. The summed E-state index contributed by atoms with van der Waals surface area (Å²) in [6.07, 6.45) is 20.3. The van der Waals surface area contributed by atoms with E-state index in [4.69, 9.17) is 14.2 Å². The van der Waals surface area contributed by atoms with Crippen LogP contribution in [0.25, 0.3) is 0 Å². The van der Waals surface area contributed by atoms with Crippen molar-refractivity contribution < 1.29 is 14.2 Å². The number of nitrogens with one attached hydrogen (secondary N) is 2. The molecule has 208 valence electrons. The molecule has 2 aromatic heterocycles. The van der Waals surface area contributed by atoms with Gasteiger partial charge in [0.25, 0.3) is 0 Å². The summed E-state index contributed by atoms with van der Waals surface area (Å²) in [4.78, 5) is 0. The minimum Gasteiger partial charge on any atom is -0.375 e. The zero-order valence-corrected chi connectivity index (χ0v) is 22.5. The highest BCUT2D eigenvalue weighted by molar-refractivity contribution is 5.29. The number of H-pyrrole nitrogens is 2. The van der Waals surface area contributed by atoms with Crippen molar-refractivity contribution in [3.05, 3.63) is 144 Å². The number of hydrogen-bond donors (Lipinski definition) is 2. The van der Waals surface area contributed by atoms with Crippen LogP contribution in [0.4, 0.5) is 0 Å². The summed E-state index contributed by atoms with van der Waals surface area (Å²) in [5.74, 6) is 0. The van der Waals surface area contributed by atoms with Crippen molar-refractivity contribution in [2.75, 3.05) is 13.2 Å². The van der Waals surface area contributed by atoms with Crippen LogP contribution in [0, 0.1) is 0 Å². The van der Waals surface area contributed by atoms with E-state index in [1.807, 2.05) is 72.9 Å². The number of aromatic amines is 2. The van der Waals surface area contributed by atoms with Crippen LogP contribution >= 0.6 is 0 Å². The van der Waals surface area contributed by atoms with Gasteiger partial charge < -0.3 is 14.2 Å². The topological polar surface area (TPSA) is 111 Å². The van der Waals surface area contributed by atoms with Gasteiger partial charge in [0, 0.05) is 25.2 Å². The molecule has 2 heterocycles. The summed E-state index contributed by atoms with van der Waals surface area (Å²) in [6, 6.07) is 20.2. The van der Waals surface area contributed by atoms with Crippen LogP contribution in [-0.2, 0) is 25.4 Å². The van der Waals surface area contributed by atoms with Crippen molar-refractivity contribution >= 4 is 0 Å². The summed E-state index contributed by atoms with van der Waals surface area (Å²) >= 11 is 0. The molecule has 0 saturated carbocycles. The molecule has 4 aromatic rings. The number of benzene rings is 2. The maximum atomic E-state index is 6.86. The number of aromatic nitrogens is 6. The molecule has 2 aliphatic rings. The Labute approximate surface area is 238 Å². The van der Waals surface area contributed by atoms with Crippen molar-refractivity contribution in [3.8, 4) is 0 Å². The number of rotatable bonds is 12. The fourth-order valence-corrected chi connectivity index (χ4v) is 5.22. The summed E-state index contributed by atoms with van der Waals surface area (Å²) in [6.45, 7) is 0.612. The van der Waals surface area contributed by atoms with E-state index >= 15 is 0 Å². The van der Waals surface area contributed by atoms with Gasteiger partial charge in [-0.05, 0) is 23.3 Å². The lowest BCUT2D eigenvalue weighted by molar-refractivity contribution is -0.133. The van der Waals surface area contributed by atoms with Crippen molar-refractivity contribution in [1.82, 2.24) is 30.8 Å². The van der Waals surface area contributed by atoms with Crippen molar-refractivity contribution in [1.29, 1.82) is 0 Å². The number of hydrogen-bond acceptors (Lipinski definition) is 7. The standard InChI is InChI=1S/C32H32N6O3/c1-5-13-25(14-6-1)27(40-31(17-9-3-10-18-31)29-21-33-37-35-29)23-39-24-28(26-15-7-2-8-16-26)41-32(19-11-4-12-20-32)30-22-34-38-36-30/h1-17,19,21-22,27-28H,18,20,23-24H2,(H,33,35,37)(H,34,36,38). The van der Waals surface area contributed by atoms with E-state index < -0.39 is 11.2 Å². The average molecular weight is 549 g/mol. The Balaban J connectivity index is 1.24. The van der Waals surface area contributed by atoms with Crippen molar-refractivity contribution in [2.24, 2.45) is 0 Å². The van der Waals surface area contributed by atoms with E-state index in [1.54, 1.807) is 12.4 Å². The Morgan fingerprint density at radius 2 is 1.10 bits per heavy atom. The summed E-state index contributed by atoms with van der Waals surface area (Å²) in [5.41, 5.74) is 1.92. The first-order valence-corrected chi connectivity index (χ1v) is 13.7. The Bertz CT molecular complexity index is 1370. The van der Waals surface area contributed by atoms with Gasteiger partial charge in [-0.25, -0.2) is 0 Å². The lowest BCUT2D eigenvalue weighted by Gasteiger charge is -2.35. The van der Waals surface area contributed by atoms with Gasteiger partial charge in [0.1, 0.15) is 34.8 Å². The van der Waals surface area contributed by atoms with E-state index in [-0.39, 0.29) is 12.2 Å². The molecule has 2 aromatic carbocycles. The van der Waals surface area contributed by atoms with E-state index in [0.717, 1.165) is 22.5 Å². The quantitative estimate of drug-likeness (QED) is 0.238. The smallest absolute Gasteiger partial charge is 0.136 e. The van der Waals surface area contributed by atoms with Gasteiger partial charge in [-0.2, -0.15) is 0 Å². The highest BCUT2D eigenvalue weighted by atomic mass is 16.6. The normalized spacial score (nSPS) is 23.0. The Morgan fingerprint density at radius 1 is 0.634 bits per heavy atom. The summed E-state index contributed by atoms with van der Waals surface area (Å²) < 4.78 is 20.2. The second-order valence-corrected chi connectivity index (χ2v) is 10.1. The van der Waals surface area contributed by atoms with E-state index in [9.17, 15) is 0 Å². The Morgan fingerprint density at radius 3 is 1.46 bits per heavy atom. The highest BCUT2D eigenvalue weighted by Gasteiger charge is 2.38. The zero-order chi connectivity index (χ0) is 27.8. The van der Waals surface area contributed by atoms with Crippen LogP contribution in [0.1, 0.15) is 47.6 Å². The van der Waals surface area contributed by atoms with Gasteiger partial charge in [0.15, 0.2) is 0 Å².